The highest BCUT2D eigenvalue weighted by atomic mass is 16.3. The van der Waals surface area contributed by atoms with E-state index in [4.69, 9.17) is 0 Å². The van der Waals surface area contributed by atoms with Gasteiger partial charge in [-0.1, -0.05) is 6.92 Å². The highest BCUT2D eigenvalue weighted by Crippen LogP contribution is 2.31. The minimum atomic E-state index is 0.261. The van der Waals surface area contributed by atoms with Crippen molar-refractivity contribution in [2.75, 3.05) is 6.61 Å². The smallest absolute Gasteiger partial charge is 0.0461 e. The van der Waals surface area contributed by atoms with Crippen LogP contribution in [0.15, 0.2) is 12.1 Å². The molecule has 2 N–H and O–H groups in total. The first-order valence-electron chi connectivity index (χ1n) is 6.93. The summed E-state index contributed by atoms with van der Waals surface area (Å²) in [5.41, 5.74) is 6.97. The lowest BCUT2D eigenvalue weighted by atomic mass is 9.97. The van der Waals surface area contributed by atoms with E-state index in [1.807, 2.05) is 0 Å². The Bertz CT molecular complexity index is 582. The first-order chi connectivity index (χ1) is 8.69. The average molecular weight is 243 g/mol. The minimum absolute atomic E-state index is 0.261. The summed E-state index contributed by atoms with van der Waals surface area (Å²) in [7, 11) is 0. The monoisotopic (exact) mass is 243 g/mol. The zero-order valence-electron chi connectivity index (χ0n) is 11.2. The van der Waals surface area contributed by atoms with Crippen LogP contribution in [-0.2, 0) is 19.3 Å². The predicted octanol–water partition coefficient (Wildman–Crippen LogP) is 3.14. The van der Waals surface area contributed by atoms with Crippen molar-refractivity contribution in [3.63, 3.8) is 0 Å². The molecule has 1 atom stereocenters. The molecule has 1 aliphatic rings. The largest absolute Gasteiger partial charge is 0.396 e. The Hall–Kier alpha value is -1.28. The molecule has 1 aliphatic carbocycles. The Labute approximate surface area is 108 Å². The molecule has 3 rings (SSSR count). The molecule has 0 bridgehead atoms. The number of aromatic amines is 1. The second-order valence-electron chi connectivity index (χ2n) is 5.74. The summed E-state index contributed by atoms with van der Waals surface area (Å²) in [6, 6.07) is 4.71. The highest BCUT2D eigenvalue weighted by molar-refractivity contribution is 5.86. The number of aliphatic hydroxyl groups excluding tert-OH is 1. The van der Waals surface area contributed by atoms with Gasteiger partial charge in [0.25, 0.3) is 0 Å². The maximum Gasteiger partial charge on any atom is 0.0461 e. The lowest BCUT2D eigenvalue weighted by molar-refractivity contribution is 0.237. The van der Waals surface area contributed by atoms with Gasteiger partial charge in [-0.25, -0.2) is 0 Å². The van der Waals surface area contributed by atoms with Crippen LogP contribution in [0.5, 0.6) is 0 Å². The summed E-state index contributed by atoms with van der Waals surface area (Å²) in [4.78, 5) is 3.50. The number of rotatable bonds is 3. The molecule has 1 heterocycles. The fraction of sp³-hybridized carbons (Fsp3) is 0.500. The van der Waals surface area contributed by atoms with Gasteiger partial charge >= 0.3 is 0 Å². The van der Waals surface area contributed by atoms with Crippen molar-refractivity contribution in [3.05, 3.63) is 34.5 Å². The third-order valence-electron chi connectivity index (χ3n) is 4.20. The van der Waals surface area contributed by atoms with Crippen LogP contribution < -0.4 is 0 Å². The molecular weight excluding hydrogens is 222 g/mol. The first kappa shape index (κ1) is 11.8. The van der Waals surface area contributed by atoms with Gasteiger partial charge < -0.3 is 10.1 Å². The van der Waals surface area contributed by atoms with Crippen LogP contribution in [0.4, 0.5) is 0 Å². The van der Waals surface area contributed by atoms with E-state index in [1.54, 1.807) is 0 Å². The summed E-state index contributed by atoms with van der Waals surface area (Å²) < 4.78 is 0. The second-order valence-corrected chi connectivity index (χ2v) is 5.74. The van der Waals surface area contributed by atoms with Crippen molar-refractivity contribution >= 4 is 10.9 Å². The molecule has 96 valence electrons. The average Bonchev–Trinajstić information content (AvgIpc) is 2.91. The standard InChI is InChI=1S/C16H21NO/c1-10(9-18)6-14-11(2)17-16-8-13-5-3-4-12(13)7-15(14)16/h7-8,10,17-18H,3-6,9H2,1-2H3. The Morgan fingerprint density at radius 2 is 2.00 bits per heavy atom. The topological polar surface area (TPSA) is 36.0 Å². The fourth-order valence-electron chi connectivity index (χ4n) is 3.13. The molecule has 0 saturated carbocycles. The number of aryl methyl sites for hydroxylation is 3. The van der Waals surface area contributed by atoms with Gasteiger partial charge in [-0.3, -0.25) is 0 Å². The Balaban J connectivity index is 2.10. The zero-order chi connectivity index (χ0) is 12.7. The van der Waals surface area contributed by atoms with Gasteiger partial charge in [0.15, 0.2) is 0 Å². The first-order valence-corrected chi connectivity index (χ1v) is 6.93. The maximum absolute atomic E-state index is 9.24. The van der Waals surface area contributed by atoms with Gasteiger partial charge in [0.2, 0.25) is 0 Å². The van der Waals surface area contributed by atoms with Crippen molar-refractivity contribution in [1.82, 2.24) is 4.98 Å². The third kappa shape index (κ3) is 1.85. The van der Waals surface area contributed by atoms with Crippen molar-refractivity contribution < 1.29 is 5.11 Å². The molecule has 0 amide bonds. The van der Waals surface area contributed by atoms with Crippen molar-refractivity contribution in [2.24, 2.45) is 5.92 Å². The van der Waals surface area contributed by atoms with E-state index in [2.05, 4.69) is 31.0 Å². The van der Waals surface area contributed by atoms with Crippen LogP contribution in [0, 0.1) is 12.8 Å². The molecule has 2 nitrogen and oxygen atoms in total. The quantitative estimate of drug-likeness (QED) is 0.853. The summed E-state index contributed by atoms with van der Waals surface area (Å²) in [6.07, 6.45) is 4.71. The number of aliphatic hydroxyl groups is 1. The Morgan fingerprint density at radius 1 is 1.28 bits per heavy atom. The summed E-state index contributed by atoms with van der Waals surface area (Å²) in [6.45, 7) is 4.51. The van der Waals surface area contributed by atoms with Crippen molar-refractivity contribution in [3.8, 4) is 0 Å². The van der Waals surface area contributed by atoms with Crippen LogP contribution in [0.2, 0.25) is 0 Å². The van der Waals surface area contributed by atoms with Gasteiger partial charge in [0.05, 0.1) is 0 Å². The lowest BCUT2D eigenvalue weighted by Gasteiger charge is -2.08. The van der Waals surface area contributed by atoms with Crippen LogP contribution in [0.25, 0.3) is 10.9 Å². The van der Waals surface area contributed by atoms with E-state index in [-0.39, 0.29) is 6.61 Å². The maximum atomic E-state index is 9.24. The molecule has 0 radical (unpaired) electrons. The normalized spacial score (nSPS) is 16.2. The van der Waals surface area contributed by atoms with Crippen LogP contribution in [-0.4, -0.2) is 16.7 Å². The van der Waals surface area contributed by atoms with Crippen LogP contribution in [0.1, 0.15) is 35.7 Å². The van der Waals surface area contributed by atoms with E-state index >= 15 is 0 Å². The second kappa shape index (κ2) is 4.43. The molecule has 1 unspecified atom stereocenters. The number of nitrogens with one attached hydrogen (secondary N) is 1. The molecule has 2 heteroatoms. The molecule has 1 aromatic carbocycles. The summed E-state index contributed by atoms with van der Waals surface area (Å²) in [5.74, 6) is 0.330. The van der Waals surface area contributed by atoms with Gasteiger partial charge in [0.1, 0.15) is 0 Å². The lowest BCUT2D eigenvalue weighted by Crippen LogP contribution is -2.05. The van der Waals surface area contributed by atoms with Gasteiger partial charge in [-0.2, -0.15) is 0 Å². The molecular formula is C16H21NO. The number of fused-ring (bicyclic) bond motifs is 2. The van der Waals surface area contributed by atoms with E-state index in [0.29, 0.717) is 5.92 Å². The van der Waals surface area contributed by atoms with Crippen LogP contribution >= 0.6 is 0 Å². The third-order valence-corrected chi connectivity index (χ3v) is 4.20. The molecule has 18 heavy (non-hydrogen) atoms. The SMILES string of the molecule is Cc1[nH]c2cc3c(cc2c1CC(C)CO)CCC3. The molecule has 2 aromatic rings. The molecule has 0 fully saturated rings. The molecule has 0 aliphatic heterocycles. The number of H-pyrrole nitrogens is 1. The minimum Gasteiger partial charge on any atom is -0.396 e. The molecule has 0 spiro atoms. The summed E-state index contributed by atoms with van der Waals surface area (Å²) >= 11 is 0. The van der Waals surface area contributed by atoms with E-state index < -0.39 is 0 Å². The zero-order valence-corrected chi connectivity index (χ0v) is 11.2. The fourth-order valence-corrected chi connectivity index (χ4v) is 3.13. The van der Waals surface area contributed by atoms with Gasteiger partial charge in [-0.05, 0) is 67.3 Å². The number of hydrogen-bond acceptors (Lipinski definition) is 1. The van der Waals surface area contributed by atoms with Crippen LogP contribution in [0.3, 0.4) is 0 Å². The summed E-state index contributed by atoms with van der Waals surface area (Å²) in [5, 5.41) is 10.6. The van der Waals surface area contributed by atoms with Gasteiger partial charge in [-0.15, -0.1) is 0 Å². The van der Waals surface area contributed by atoms with E-state index in [1.165, 1.54) is 52.5 Å². The number of benzene rings is 1. The molecule has 1 aromatic heterocycles. The Morgan fingerprint density at radius 3 is 2.72 bits per heavy atom. The highest BCUT2D eigenvalue weighted by Gasteiger charge is 2.16. The Kier molecular flexibility index (Phi) is 2.90. The van der Waals surface area contributed by atoms with Crippen molar-refractivity contribution in [1.29, 1.82) is 0 Å². The van der Waals surface area contributed by atoms with Gasteiger partial charge in [0, 0.05) is 23.2 Å². The van der Waals surface area contributed by atoms with E-state index in [9.17, 15) is 5.11 Å². The van der Waals surface area contributed by atoms with Crippen molar-refractivity contribution in [2.45, 2.75) is 39.5 Å². The van der Waals surface area contributed by atoms with E-state index in [0.717, 1.165) is 6.42 Å². The number of hydrogen-bond donors (Lipinski definition) is 2. The predicted molar refractivity (Wildman–Crippen MR) is 75.0 cm³/mol. The molecule has 0 saturated heterocycles. The number of aromatic nitrogens is 1.